The zero-order chi connectivity index (χ0) is 16.4. The molecule has 21 heavy (non-hydrogen) atoms. The van der Waals surface area contributed by atoms with Gasteiger partial charge in [-0.2, -0.15) is 26.3 Å². The molecule has 0 heterocycles. The van der Waals surface area contributed by atoms with Crippen molar-refractivity contribution in [3.63, 3.8) is 0 Å². The molecular formula is C11H10ClF7N2. The summed E-state index contributed by atoms with van der Waals surface area (Å²) in [6.45, 7) is 0. The van der Waals surface area contributed by atoms with E-state index in [-0.39, 0.29) is 5.56 Å². The van der Waals surface area contributed by atoms with E-state index in [1.165, 1.54) is 5.43 Å². The molecule has 0 saturated heterocycles. The Kier molecular flexibility index (Phi) is 5.46. The number of hydrazine groups is 1. The molecular weight excluding hydrogens is 329 g/mol. The van der Waals surface area contributed by atoms with Crippen molar-refractivity contribution in [2.75, 3.05) is 0 Å². The third-order valence-corrected chi connectivity index (χ3v) is 3.22. The van der Waals surface area contributed by atoms with E-state index in [1.807, 2.05) is 0 Å². The van der Waals surface area contributed by atoms with Gasteiger partial charge in [-0.1, -0.05) is 23.7 Å². The van der Waals surface area contributed by atoms with E-state index in [1.54, 1.807) is 0 Å². The Hall–Kier alpha value is -1.06. The molecule has 0 bridgehead atoms. The summed E-state index contributed by atoms with van der Waals surface area (Å²) in [4.78, 5) is 0. The fourth-order valence-corrected chi connectivity index (χ4v) is 2.06. The minimum absolute atomic E-state index is 0.210. The van der Waals surface area contributed by atoms with Crippen LogP contribution in [0.4, 0.5) is 30.7 Å². The first-order valence-electron chi connectivity index (χ1n) is 5.51. The van der Waals surface area contributed by atoms with Crippen LogP contribution >= 0.6 is 11.6 Å². The second-order valence-corrected chi connectivity index (χ2v) is 4.63. The molecule has 0 spiro atoms. The normalized spacial score (nSPS) is 14.6. The number of hydrogen-bond donors (Lipinski definition) is 2. The summed E-state index contributed by atoms with van der Waals surface area (Å²) in [7, 11) is 0. The molecule has 1 rings (SSSR count). The smallest absolute Gasteiger partial charge is 0.271 e. The van der Waals surface area contributed by atoms with E-state index in [0.717, 1.165) is 18.2 Å². The van der Waals surface area contributed by atoms with Gasteiger partial charge < -0.3 is 0 Å². The Labute approximate surface area is 120 Å². The van der Waals surface area contributed by atoms with E-state index < -0.39 is 41.6 Å². The quantitative estimate of drug-likeness (QED) is 0.500. The first kappa shape index (κ1) is 18.0. The fourth-order valence-electron chi connectivity index (χ4n) is 1.86. The Balaban J connectivity index is 3.14. The first-order valence-corrected chi connectivity index (χ1v) is 5.88. The molecule has 2 nitrogen and oxygen atoms in total. The van der Waals surface area contributed by atoms with E-state index in [4.69, 9.17) is 17.4 Å². The monoisotopic (exact) mass is 338 g/mol. The van der Waals surface area contributed by atoms with E-state index in [9.17, 15) is 30.7 Å². The van der Waals surface area contributed by atoms with Crippen molar-refractivity contribution in [2.24, 2.45) is 11.8 Å². The number of rotatable bonds is 4. The predicted octanol–water partition coefficient (Wildman–Crippen LogP) is 3.59. The first-order chi connectivity index (χ1) is 9.48. The Morgan fingerprint density at radius 3 is 2.05 bits per heavy atom. The van der Waals surface area contributed by atoms with Crippen LogP contribution in [0, 0.1) is 11.7 Å². The van der Waals surface area contributed by atoms with Gasteiger partial charge in [-0.3, -0.25) is 11.3 Å². The van der Waals surface area contributed by atoms with Crippen LogP contribution in [0.3, 0.4) is 0 Å². The van der Waals surface area contributed by atoms with Gasteiger partial charge in [0.25, 0.3) is 0 Å². The van der Waals surface area contributed by atoms with Gasteiger partial charge in [0, 0.05) is 6.04 Å². The second-order valence-electron chi connectivity index (χ2n) is 4.25. The SMILES string of the molecule is NNC(Cc1cccc(F)c1Cl)C(C(F)(F)F)C(F)(F)F. The molecule has 10 heteroatoms. The average molecular weight is 339 g/mol. The minimum Gasteiger partial charge on any atom is -0.271 e. The minimum atomic E-state index is -5.56. The van der Waals surface area contributed by atoms with Crippen LogP contribution < -0.4 is 11.3 Å². The summed E-state index contributed by atoms with van der Waals surface area (Å²) < 4.78 is 88.9. The molecule has 120 valence electrons. The molecule has 0 radical (unpaired) electrons. The Bertz CT molecular complexity index is 472. The number of alkyl halides is 6. The lowest BCUT2D eigenvalue weighted by Crippen LogP contribution is -2.54. The van der Waals surface area contributed by atoms with Gasteiger partial charge in [-0.05, 0) is 18.1 Å². The summed E-state index contributed by atoms with van der Waals surface area (Å²) in [5.74, 6) is 0.173. The molecule has 1 atom stereocenters. The molecule has 3 N–H and O–H groups in total. The van der Waals surface area contributed by atoms with Crippen LogP contribution in [0.5, 0.6) is 0 Å². The molecule has 0 amide bonds. The predicted molar refractivity (Wildman–Crippen MR) is 61.8 cm³/mol. The van der Waals surface area contributed by atoms with Gasteiger partial charge in [0.05, 0.1) is 5.02 Å². The topological polar surface area (TPSA) is 38.0 Å². The highest BCUT2D eigenvalue weighted by Crippen LogP contribution is 2.42. The van der Waals surface area contributed by atoms with Crippen molar-refractivity contribution in [3.05, 3.63) is 34.6 Å². The number of nitrogens with two attached hydrogens (primary N) is 1. The van der Waals surface area contributed by atoms with Crippen molar-refractivity contribution >= 4 is 11.6 Å². The molecule has 0 fully saturated rings. The lowest BCUT2D eigenvalue weighted by Gasteiger charge is -2.30. The Morgan fingerprint density at radius 1 is 1.10 bits per heavy atom. The molecule has 1 aromatic rings. The molecule has 0 aliphatic carbocycles. The van der Waals surface area contributed by atoms with Crippen LogP contribution in [-0.2, 0) is 6.42 Å². The maximum Gasteiger partial charge on any atom is 0.402 e. The molecule has 1 unspecified atom stereocenters. The van der Waals surface area contributed by atoms with Crippen LogP contribution in [0.1, 0.15) is 5.56 Å². The lowest BCUT2D eigenvalue weighted by atomic mass is 9.92. The zero-order valence-corrected chi connectivity index (χ0v) is 11.0. The van der Waals surface area contributed by atoms with Crippen molar-refractivity contribution in [3.8, 4) is 0 Å². The van der Waals surface area contributed by atoms with Gasteiger partial charge in [0.1, 0.15) is 5.82 Å². The Morgan fingerprint density at radius 2 is 1.62 bits per heavy atom. The number of nitrogens with one attached hydrogen (secondary N) is 1. The third-order valence-electron chi connectivity index (χ3n) is 2.79. The largest absolute Gasteiger partial charge is 0.402 e. The van der Waals surface area contributed by atoms with E-state index >= 15 is 0 Å². The summed E-state index contributed by atoms with van der Waals surface area (Å²) in [6.07, 6.45) is -12.0. The second kappa shape index (κ2) is 6.37. The van der Waals surface area contributed by atoms with Crippen LogP contribution in [0.15, 0.2) is 18.2 Å². The van der Waals surface area contributed by atoms with Crippen LogP contribution in [0.25, 0.3) is 0 Å². The van der Waals surface area contributed by atoms with Crippen molar-refractivity contribution in [2.45, 2.75) is 24.8 Å². The fraction of sp³-hybridized carbons (Fsp3) is 0.455. The molecule has 0 aromatic heterocycles. The molecule has 0 aliphatic heterocycles. The number of benzene rings is 1. The summed E-state index contributed by atoms with van der Waals surface area (Å²) in [5.41, 5.74) is 1.28. The standard InChI is InChI=1S/C11H10ClF7N2/c12-8-5(2-1-3-6(8)13)4-7(21-20)9(10(14,15)16)11(17,18)19/h1-3,7,9,21H,4,20H2. The van der Waals surface area contributed by atoms with Crippen molar-refractivity contribution in [1.82, 2.24) is 5.43 Å². The van der Waals surface area contributed by atoms with Gasteiger partial charge in [-0.15, -0.1) is 0 Å². The van der Waals surface area contributed by atoms with Crippen LogP contribution in [0.2, 0.25) is 5.02 Å². The molecule has 1 aromatic carbocycles. The highest BCUT2D eigenvalue weighted by molar-refractivity contribution is 6.31. The third kappa shape index (κ3) is 4.45. The average Bonchev–Trinajstić information content (AvgIpc) is 2.30. The van der Waals surface area contributed by atoms with Gasteiger partial charge in [-0.25, -0.2) is 4.39 Å². The van der Waals surface area contributed by atoms with E-state index in [2.05, 4.69) is 0 Å². The zero-order valence-electron chi connectivity index (χ0n) is 10.2. The summed E-state index contributed by atoms with van der Waals surface area (Å²) in [5, 5.41) is -0.541. The van der Waals surface area contributed by atoms with Crippen LogP contribution in [-0.4, -0.2) is 18.4 Å². The number of hydrogen-bond acceptors (Lipinski definition) is 2. The van der Waals surface area contributed by atoms with Gasteiger partial charge in [0.2, 0.25) is 0 Å². The van der Waals surface area contributed by atoms with E-state index in [0.29, 0.717) is 0 Å². The summed E-state index contributed by atoms with van der Waals surface area (Å²) in [6, 6.07) is 0.950. The summed E-state index contributed by atoms with van der Waals surface area (Å²) >= 11 is 5.52. The lowest BCUT2D eigenvalue weighted by molar-refractivity contribution is -0.291. The molecule has 0 aliphatic rings. The maximum atomic E-state index is 13.2. The van der Waals surface area contributed by atoms with Crippen molar-refractivity contribution < 1.29 is 30.7 Å². The van der Waals surface area contributed by atoms with Gasteiger partial charge in [0.15, 0.2) is 5.92 Å². The molecule has 0 saturated carbocycles. The van der Waals surface area contributed by atoms with Crippen molar-refractivity contribution in [1.29, 1.82) is 0 Å². The highest BCUT2D eigenvalue weighted by Gasteiger charge is 2.60. The van der Waals surface area contributed by atoms with Gasteiger partial charge >= 0.3 is 12.4 Å². The maximum absolute atomic E-state index is 13.2. The number of halogens is 8. The highest BCUT2D eigenvalue weighted by atomic mass is 35.5.